The molecule has 2 rings (SSSR count). The molecule has 0 radical (unpaired) electrons. The molecule has 1 atom stereocenters. The second-order valence-corrected chi connectivity index (χ2v) is 4.76. The number of nitrogens with two attached hydrogens (primary N) is 1. The number of hydrogen-bond acceptors (Lipinski definition) is 2. The van der Waals surface area contributed by atoms with Crippen LogP contribution in [0.5, 0.6) is 0 Å². The van der Waals surface area contributed by atoms with E-state index in [0.29, 0.717) is 6.04 Å². The van der Waals surface area contributed by atoms with Crippen molar-refractivity contribution >= 4 is 0 Å². The van der Waals surface area contributed by atoms with Gasteiger partial charge in [0.15, 0.2) is 0 Å². The third kappa shape index (κ3) is 2.63. The predicted molar refractivity (Wildman–Crippen MR) is 68.4 cm³/mol. The van der Waals surface area contributed by atoms with Gasteiger partial charge >= 0.3 is 0 Å². The first-order valence-electron chi connectivity index (χ1n) is 6.32. The van der Waals surface area contributed by atoms with E-state index in [9.17, 15) is 0 Å². The standard InChI is InChI=1S/C14H22N2/c1-12-6-5-7-13(10-12)14(11-15)16-8-3-2-4-9-16/h5-7,10,14H,2-4,8-9,11,15H2,1H3. The predicted octanol–water partition coefficient (Wildman–Crippen LogP) is 2.48. The van der Waals surface area contributed by atoms with E-state index in [4.69, 9.17) is 5.73 Å². The maximum absolute atomic E-state index is 5.94. The third-order valence-electron chi connectivity index (χ3n) is 3.48. The zero-order valence-corrected chi connectivity index (χ0v) is 10.2. The largest absolute Gasteiger partial charge is 0.329 e. The fourth-order valence-corrected chi connectivity index (χ4v) is 2.60. The highest BCUT2D eigenvalue weighted by atomic mass is 15.2. The van der Waals surface area contributed by atoms with E-state index < -0.39 is 0 Å². The van der Waals surface area contributed by atoms with Crippen molar-refractivity contribution in [3.63, 3.8) is 0 Å². The van der Waals surface area contributed by atoms with Crippen LogP contribution >= 0.6 is 0 Å². The normalized spacial score (nSPS) is 19.6. The SMILES string of the molecule is Cc1cccc(C(CN)N2CCCCC2)c1. The quantitative estimate of drug-likeness (QED) is 0.844. The van der Waals surface area contributed by atoms with Crippen LogP contribution in [0.1, 0.15) is 36.4 Å². The maximum atomic E-state index is 5.94. The van der Waals surface area contributed by atoms with Gasteiger partial charge in [-0.3, -0.25) is 4.90 Å². The van der Waals surface area contributed by atoms with E-state index in [2.05, 4.69) is 36.1 Å². The van der Waals surface area contributed by atoms with Crippen LogP contribution in [0.15, 0.2) is 24.3 Å². The molecule has 1 heterocycles. The average Bonchev–Trinajstić information content (AvgIpc) is 2.31. The van der Waals surface area contributed by atoms with Crippen LogP contribution in [0.2, 0.25) is 0 Å². The molecule has 1 aliphatic heterocycles. The Balaban J connectivity index is 2.14. The Labute approximate surface area is 98.4 Å². The van der Waals surface area contributed by atoms with Crippen molar-refractivity contribution in [1.82, 2.24) is 4.90 Å². The second kappa shape index (κ2) is 5.46. The molecule has 1 aromatic rings. The molecule has 1 aliphatic rings. The third-order valence-corrected chi connectivity index (χ3v) is 3.48. The van der Waals surface area contributed by atoms with Crippen molar-refractivity contribution in [3.05, 3.63) is 35.4 Å². The lowest BCUT2D eigenvalue weighted by atomic mass is 10.0. The number of hydrogen-bond donors (Lipinski definition) is 1. The number of rotatable bonds is 3. The minimum atomic E-state index is 0.417. The van der Waals surface area contributed by atoms with Crippen molar-refractivity contribution in [3.8, 4) is 0 Å². The lowest BCUT2D eigenvalue weighted by molar-refractivity contribution is 0.167. The number of piperidine rings is 1. The van der Waals surface area contributed by atoms with E-state index in [1.54, 1.807) is 0 Å². The minimum Gasteiger partial charge on any atom is -0.329 e. The summed E-state index contributed by atoms with van der Waals surface area (Å²) in [6.07, 6.45) is 4.02. The van der Waals surface area contributed by atoms with Crippen LogP contribution in [-0.2, 0) is 0 Å². The first-order chi connectivity index (χ1) is 7.81. The molecule has 1 unspecified atom stereocenters. The van der Waals surface area contributed by atoms with E-state index in [1.165, 1.54) is 43.5 Å². The molecule has 0 aromatic heterocycles. The Morgan fingerprint density at radius 1 is 1.25 bits per heavy atom. The zero-order valence-electron chi connectivity index (χ0n) is 10.2. The molecule has 0 bridgehead atoms. The Kier molecular flexibility index (Phi) is 3.97. The molecule has 0 amide bonds. The summed E-state index contributed by atoms with van der Waals surface area (Å²) in [5.41, 5.74) is 8.65. The Hall–Kier alpha value is -0.860. The molecule has 0 spiro atoms. The van der Waals surface area contributed by atoms with Crippen molar-refractivity contribution in [2.24, 2.45) is 5.73 Å². The van der Waals surface area contributed by atoms with Crippen LogP contribution in [0.25, 0.3) is 0 Å². The Morgan fingerprint density at radius 2 is 2.00 bits per heavy atom. The summed E-state index contributed by atoms with van der Waals surface area (Å²) in [6, 6.07) is 9.18. The highest BCUT2D eigenvalue weighted by Crippen LogP contribution is 2.24. The van der Waals surface area contributed by atoms with E-state index in [0.717, 1.165) is 6.54 Å². The smallest absolute Gasteiger partial charge is 0.0470 e. The minimum absolute atomic E-state index is 0.417. The van der Waals surface area contributed by atoms with Crippen molar-refractivity contribution in [1.29, 1.82) is 0 Å². The zero-order chi connectivity index (χ0) is 11.4. The number of benzene rings is 1. The molecular formula is C14H22N2. The van der Waals surface area contributed by atoms with Gasteiger partial charge in [0.1, 0.15) is 0 Å². The fourth-order valence-electron chi connectivity index (χ4n) is 2.60. The number of likely N-dealkylation sites (tertiary alicyclic amines) is 1. The van der Waals surface area contributed by atoms with E-state index >= 15 is 0 Å². The summed E-state index contributed by atoms with van der Waals surface area (Å²) in [6.45, 7) is 5.28. The molecule has 0 aliphatic carbocycles. The second-order valence-electron chi connectivity index (χ2n) is 4.76. The van der Waals surface area contributed by atoms with Gasteiger partial charge in [-0.25, -0.2) is 0 Å². The summed E-state index contributed by atoms with van der Waals surface area (Å²) < 4.78 is 0. The van der Waals surface area contributed by atoms with Crippen molar-refractivity contribution < 1.29 is 0 Å². The van der Waals surface area contributed by atoms with Gasteiger partial charge in [-0.1, -0.05) is 36.2 Å². The molecule has 1 aromatic carbocycles. The highest BCUT2D eigenvalue weighted by Gasteiger charge is 2.20. The Morgan fingerprint density at radius 3 is 2.62 bits per heavy atom. The van der Waals surface area contributed by atoms with Crippen LogP contribution in [-0.4, -0.2) is 24.5 Å². The van der Waals surface area contributed by atoms with Gasteiger partial charge < -0.3 is 5.73 Å². The maximum Gasteiger partial charge on any atom is 0.0470 e. The number of aryl methyl sites for hydroxylation is 1. The molecule has 2 nitrogen and oxygen atoms in total. The van der Waals surface area contributed by atoms with Crippen LogP contribution in [0.4, 0.5) is 0 Å². The topological polar surface area (TPSA) is 29.3 Å². The van der Waals surface area contributed by atoms with Crippen LogP contribution < -0.4 is 5.73 Å². The molecule has 0 saturated carbocycles. The summed E-state index contributed by atoms with van der Waals surface area (Å²) in [5, 5.41) is 0. The monoisotopic (exact) mass is 218 g/mol. The molecule has 1 saturated heterocycles. The van der Waals surface area contributed by atoms with Gasteiger partial charge in [0, 0.05) is 12.6 Å². The lowest BCUT2D eigenvalue weighted by Gasteiger charge is -2.34. The lowest BCUT2D eigenvalue weighted by Crippen LogP contribution is -2.37. The van der Waals surface area contributed by atoms with Crippen LogP contribution in [0.3, 0.4) is 0 Å². The highest BCUT2D eigenvalue weighted by molar-refractivity contribution is 5.25. The van der Waals surface area contributed by atoms with Gasteiger partial charge in [0.25, 0.3) is 0 Å². The molecule has 16 heavy (non-hydrogen) atoms. The van der Waals surface area contributed by atoms with Crippen molar-refractivity contribution in [2.45, 2.75) is 32.2 Å². The number of nitrogens with zero attached hydrogens (tertiary/aromatic N) is 1. The van der Waals surface area contributed by atoms with Crippen molar-refractivity contribution in [2.75, 3.05) is 19.6 Å². The molecular weight excluding hydrogens is 196 g/mol. The van der Waals surface area contributed by atoms with Gasteiger partial charge in [-0.2, -0.15) is 0 Å². The van der Waals surface area contributed by atoms with Crippen LogP contribution in [0, 0.1) is 6.92 Å². The summed E-state index contributed by atoms with van der Waals surface area (Å²) in [5.74, 6) is 0. The van der Waals surface area contributed by atoms with Gasteiger partial charge in [0.2, 0.25) is 0 Å². The van der Waals surface area contributed by atoms with E-state index in [1.807, 2.05) is 0 Å². The first-order valence-corrected chi connectivity index (χ1v) is 6.32. The summed E-state index contributed by atoms with van der Waals surface area (Å²) in [4.78, 5) is 2.54. The molecule has 88 valence electrons. The molecule has 2 N–H and O–H groups in total. The Bertz CT molecular complexity index is 329. The molecule has 1 fully saturated rings. The van der Waals surface area contributed by atoms with Gasteiger partial charge in [-0.05, 0) is 38.4 Å². The average molecular weight is 218 g/mol. The summed E-state index contributed by atoms with van der Waals surface area (Å²) in [7, 11) is 0. The fraction of sp³-hybridized carbons (Fsp3) is 0.571. The summed E-state index contributed by atoms with van der Waals surface area (Å²) >= 11 is 0. The van der Waals surface area contributed by atoms with Gasteiger partial charge in [0.05, 0.1) is 0 Å². The first kappa shape index (κ1) is 11.6. The van der Waals surface area contributed by atoms with Gasteiger partial charge in [-0.15, -0.1) is 0 Å². The van der Waals surface area contributed by atoms with E-state index in [-0.39, 0.29) is 0 Å². The molecule has 2 heteroatoms.